The first-order chi connectivity index (χ1) is 23.8. The Labute approximate surface area is 278 Å². The number of hydrogen-bond acceptors (Lipinski definition) is 1. The Morgan fingerprint density at radius 3 is 1.67 bits per heavy atom. The molecule has 0 amide bonds. The monoisotopic (exact) mass is 613 g/mol. The lowest BCUT2D eigenvalue weighted by molar-refractivity contribution is 1.13. The lowest BCUT2D eigenvalue weighted by atomic mass is 9.94. The van der Waals surface area contributed by atoms with E-state index >= 15 is 0 Å². The molecule has 1 aliphatic carbocycles. The smallest absolute Gasteiger partial charge is 0.0542 e. The maximum Gasteiger partial charge on any atom is 0.0542 e. The molecule has 2 heterocycles. The van der Waals surface area contributed by atoms with Crippen LogP contribution in [0.1, 0.15) is 22.3 Å². The predicted molar refractivity (Wildman–Crippen MR) is 201 cm³/mol. The average molecular weight is 614 g/mol. The number of benzene rings is 7. The van der Waals surface area contributed by atoms with E-state index in [1.54, 1.807) is 6.20 Å². The summed E-state index contributed by atoms with van der Waals surface area (Å²) < 4.78 is 4.82. The fourth-order valence-corrected chi connectivity index (χ4v) is 8.15. The molecular weight excluding hydrogens is 583 g/mol. The van der Waals surface area contributed by atoms with Crippen LogP contribution in [0.5, 0.6) is 0 Å². The number of nitrogens with two attached hydrogens (primary N) is 1. The molecule has 0 bridgehead atoms. The molecule has 48 heavy (non-hydrogen) atoms. The molecule has 9 aromatic rings. The van der Waals surface area contributed by atoms with Crippen molar-refractivity contribution in [1.82, 2.24) is 9.13 Å². The highest BCUT2D eigenvalue weighted by molar-refractivity contribution is 6.12. The van der Waals surface area contributed by atoms with Crippen molar-refractivity contribution >= 4 is 49.2 Å². The molecular formula is C45H31N3. The Hall–Kier alpha value is -6.32. The highest BCUT2D eigenvalue weighted by Gasteiger charge is 2.25. The topological polar surface area (TPSA) is 35.9 Å². The van der Waals surface area contributed by atoms with Crippen LogP contribution >= 0.6 is 0 Å². The van der Waals surface area contributed by atoms with Crippen LogP contribution < -0.4 is 5.73 Å². The molecule has 7 aromatic carbocycles. The highest BCUT2D eigenvalue weighted by atomic mass is 15.0. The Morgan fingerprint density at radius 2 is 0.979 bits per heavy atom. The Bertz CT molecular complexity index is 2720. The molecule has 0 unspecified atom stereocenters. The number of fused-ring (bicyclic) bond motifs is 9. The van der Waals surface area contributed by atoms with Crippen molar-refractivity contribution in [3.05, 3.63) is 186 Å². The maximum absolute atomic E-state index is 6.25. The molecule has 2 aromatic heterocycles. The van der Waals surface area contributed by atoms with E-state index in [0.717, 1.165) is 17.7 Å². The number of aromatic nitrogens is 2. The number of para-hydroxylation sites is 3. The van der Waals surface area contributed by atoms with E-state index in [2.05, 4.69) is 167 Å². The fraction of sp³-hybridized carbons (Fsp3) is 0.0222. The third-order valence-corrected chi connectivity index (χ3v) is 10.2. The van der Waals surface area contributed by atoms with Crippen LogP contribution in [0.3, 0.4) is 0 Å². The van der Waals surface area contributed by atoms with Crippen molar-refractivity contribution in [1.29, 1.82) is 0 Å². The predicted octanol–water partition coefficient (Wildman–Crippen LogP) is 10.8. The van der Waals surface area contributed by atoms with Gasteiger partial charge >= 0.3 is 0 Å². The first-order valence-electron chi connectivity index (χ1n) is 16.5. The van der Waals surface area contributed by atoms with Gasteiger partial charge in [0.25, 0.3) is 0 Å². The first kappa shape index (κ1) is 26.9. The summed E-state index contributed by atoms with van der Waals surface area (Å²) in [5, 5.41) is 5.03. The van der Waals surface area contributed by atoms with Gasteiger partial charge in [0, 0.05) is 44.7 Å². The standard InChI is InChI=1S/C45H31N3/c46-28-40-34-15-2-1-14-33(34)38-19-10-12-30(45(38)40)25-29-11-9-13-31(26-29)47-43-22-8-5-18-37(43)39-27-32(23-24-44(39)47)48-41-20-6-3-16-35(41)36-17-4-7-21-42(36)48/h1-24,26-28H,25,46H2/b40-28-. The zero-order valence-corrected chi connectivity index (χ0v) is 26.3. The molecule has 3 heteroatoms. The largest absolute Gasteiger partial charge is 0.404 e. The van der Waals surface area contributed by atoms with Crippen molar-refractivity contribution in [3.8, 4) is 22.5 Å². The Morgan fingerprint density at radius 1 is 0.438 bits per heavy atom. The number of nitrogens with zero attached hydrogens (tertiary/aromatic N) is 2. The lowest BCUT2D eigenvalue weighted by Crippen LogP contribution is -1.99. The second-order valence-corrected chi connectivity index (χ2v) is 12.7. The molecule has 0 radical (unpaired) electrons. The Kier molecular flexibility index (Phi) is 5.79. The minimum Gasteiger partial charge on any atom is -0.404 e. The fourth-order valence-electron chi connectivity index (χ4n) is 8.15. The van der Waals surface area contributed by atoms with E-state index in [0.29, 0.717) is 0 Å². The van der Waals surface area contributed by atoms with Crippen molar-refractivity contribution in [3.63, 3.8) is 0 Å². The van der Waals surface area contributed by atoms with Crippen LogP contribution in [-0.2, 0) is 6.42 Å². The van der Waals surface area contributed by atoms with Crippen LogP contribution in [0.15, 0.2) is 164 Å². The van der Waals surface area contributed by atoms with Gasteiger partial charge in [-0.15, -0.1) is 0 Å². The molecule has 0 saturated carbocycles. The van der Waals surface area contributed by atoms with Crippen LogP contribution in [0.25, 0.3) is 71.7 Å². The van der Waals surface area contributed by atoms with Crippen molar-refractivity contribution < 1.29 is 0 Å². The molecule has 0 atom stereocenters. The van der Waals surface area contributed by atoms with Gasteiger partial charge in [0.2, 0.25) is 0 Å². The van der Waals surface area contributed by atoms with Gasteiger partial charge in [0.1, 0.15) is 0 Å². The molecule has 0 aliphatic heterocycles. The van der Waals surface area contributed by atoms with Gasteiger partial charge in [0.05, 0.1) is 22.1 Å². The lowest BCUT2D eigenvalue weighted by Gasteiger charge is -2.13. The summed E-state index contributed by atoms with van der Waals surface area (Å²) in [7, 11) is 0. The van der Waals surface area contributed by atoms with Gasteiger partial charge in [-0.1, -0.05) is 109 Å². The summed E-state index contributed by atoms with van der Waals surface area (Å²) in [5.41, 5.74) is 22.1. The summed E-state index contributed by atoms with van der Waals surface area (Å²) in [6.45, 7) is 0. The minimum absolute atomic E-state index is 0.817. The van der Waals surface area contributed by atoms with E-state index in [4.69, 9.17) is 5.73 Å². The van der Waals surface area contributed by atoms with Gasteiger partial charge in [0.15, 0.2) is 0 Å². The van der Waals surface area contributed by atoms with Gasteiger partial charge in [-0.05, 0) is 88.3 Å². The van der Waals surface area contributed by atoms with Crippen LogP contribution in [-0.4, -0.2) is 9.13 Å². The van der Waals surface area contributed by atoms with E-state index in [9.17, 15) is 0 Å². The third kappa shape index (κ3) is 3.82. The van der Waals surface area contributed by atoms with E-state index in [-0.39, 0.29) is 0 Å². The van der Waals surface area contributed by atoms with Gasteiger partial charge in [-0.2, -0.15) is 0 Å². The summed E-state index contributed by atoms with van der Waals surface area (Å²) in [6.07, 6.45) is 2.59. The molecule has 0 spiro atoms. The molecule has 1 aliphatic rings. The average Bonchev–Trinajstić information content (AvgIpc) is 3.78. The highest BCUT2D eigenvalue weighted by Crippen LogP contribution is 2.46. The second kappa shape index (κ2) is 10.3. The summed E-state index contributed by atoms with van der Waals surface area (Å²) in [6, 6.07) is 57.3. The van der Waals surface area contributed by atoms with Crippen LogP contribution in [0, 0.1) is 0 Å². The minimum atomic E-state index is 0.817. The summed E-state index contributed by atoms with van der Waals surface area (Å²) >= 11 is 0. The normalized spacial score (nSPS) is 13.2. The van der Waals surface area contributed by atoms with E-state index < -0.39 is 0 Å². The van der Waals surface area contributed by atoms with Crippen molar-refractivity contribution in [2.45, 2.75) is 6.42 Å². The molecule has 10 rings (SSSR count). The molecule has 2 N–H and O–H groups in total. The molecule has 0 saturated heterocycles. The van der Waals surface area contributed by atoms with Gasteiger partial charge < -0.3 is 14.9 Å². The third-order valence-electron chi connectivity index (χ3n) is 10.2. The molecule has 226 valence electrons. The first-order valence-corrected chi connectivity index (χ1v) is 16.5. The van der Waals surface area contributed by atoms with Crippen molar-refractivity contribution in [2.75, 3.05) is 0 Å². The van der Waals surface area contributed by atoms with Gasteiger partial charge in [-0.25, -0.2) is 0 Å². The summed E-state index contributed by atoms with van der Waals surface area (Å²) in [5.74, 6) is 0. The Balaban J connectivity index is 1.11. The molecule has 0 fully saturated rings. The van der Waals surface area contributed by atoms with E-state index in [1.807, 2.05) is 0 Å². The zero-order chi connectivity index (χ0) is 31.8. The maximum atomic E-state index is 6.25. The molecule has 3 nitrogen and oxygen atoms in total. The summed E-state index contributed by atoms with van der Waals surface area (Å²) in [4.78, 5) is 0. The SMILES string of the molecule is N/C=C1/c2ccccc2-c2cccc(Cc3cccc(-n4c5ccccc5c5cc(-n6c7ccccc7c7ccccc76)ccc54)c3)c21. The second-order valence-electron chi connectivity index (χ2n) is 12.7. The number of rotatable bonds is 4. The van der Waals surface area contributed by atoms with Crippen molar-refractivity contribution in [2.24, 2.45) is 5.73 Å². The van der Waals surface area contributed by atoms with Crippen LogP contribution in [0.4, 0.5) is 0 Å². The quantitative estimate of drug-likeness (QED) is 0.211. The van der Waals surface area contributed by atoms with Gasteiger partial charge in [-0.3, -0.25) is 0 Å². The zero-order valence-electron chi connectivity index (χ0n) is 26.3. The van der Waals surface area contributed by atoms with E-state index in [1.165, 1.54) is 82.7 Å². The van der Waals surface area contributed by atoms with Crippen LogP contribution in [0.2, 0.25) is 0 Å². The number of hydrogen-bond donors (Lipinski definition) is 1.